The molecule has 0 radical (unpaired) electrons. The van der Waals surface area contributed by atoms with E-state index in [-0.39, 0.29) is 17.9 Å². The van der Waals surface area contributed by atoms with Gasteiger partial charge in [-0.2, -0.15) is 0 Å². The molecule has 4 rings (SSSR count). The molecule has 0 aromatic heterocycles. The number of anilines is 2. The summed E-state index contributed by atoms with van der Waals surface area (Å²) in [7, 11) is 0. The summed E-state index contributed by atoms with van der Waals surface area (Å²) in [5.41, 5.74) is 3.56. The molecule has 2 unspecified atom stereocenters. The number of piperidine rings is 1. The van der Waals surface area contributed by atoms with E-state index in [2.05, 4.69) is 10.6 Å². The highest BCUT2D eigenvalue weighted by molar-refractivity contribution is 6.04. The summed E-state index contributed by atoms with van der Waals surface area (Å²) in [5.74, 6) is 0.681. The van der Waals surface area contributed by atoms with E-state index < -0.39 is 0 Å². The average Bonchev–Trinajstić information content (AvgIpc) is 3.11. The predicted octanol–water partition coefficient (Wildman–Crippen LogP) is 4.00. The Balaban J connectivity index is 1.52. The molecule has 0 saturated carbocycles. The normalized spacial score (nSPS) is 20.9. The molecule has 0 aliphatic carbocycles. The second-order valence-corrected chi connectivity index (χ2v) is 8.09. The highest BCUT2D eigenvalue weighted by Crippen LogP contribution is 2.37. The van der Waals surface area contributed by atoms with E-state index in [0.717, 1.165) is 42.9 Å². The van der Waals surface area contributed by atoms with Gasteiger partial charge in [-0.25, -0.2) is 0 Å². The Morgan fingerprint density at radius 1 is 1.17 bits per heavy atom. The van der Waals surface area contributed by atoms with Crippen molar-refractivity contribution >= 4 is 23.2 Å². The molecule has 152 valence electrons. The number of rotatable bonds is 5. The van der Waals surface area contributed by atoms with E-state index in [1.165, 1.54) is 12.8 Å². The van der Waals surface area contributed by atoms with Crippen molar-refractivity contribution < 1.29 is 9.59 Å². The minimum Gasteiger partial charge on any atom is -0.322 e. The first-order valence-electron chi connectivity index (χ1n) is 10.7. The molecule has 2 heterocycles. The van der Waals surface area contributed by atoms with Crippen molar-refractivity contribution in [3.8, 4) is 0 Å². The Morgan fingerprint density at radius 2 is 2.00 bits per heavy atom. The topological polar surface area (TPSA) is 61.4 Å². The molecular weight excluding hydrogens is 362 g/mol. The molecule has 2 atom stereocenters. The first kappa shape index (κ1) is 19.6. The maximum Gasteiger partial charge on any atom is 0.255 e. The van der Waals surface area contributed by atoms with Crippen LogP contribution in [0.15, 0.2) is 48.5 Å². The zero-order chi connectivity index (χ0) is 20.2. The van der Waals surface area contributed by atoms with E-state index in [4.69, 9.17) is 0 Å². The first-order chi connectivity index (χ1) is 14.2. The number of amides is 2. The Morgan fingerprint density at radius 3 is 2.72 bits per heavy atom. The fourth-order valence-corrected chi connectivity index (χ4v) is 4.60. The number of nitrogens with one attached hydrogen (secondary N) is 2. The lowest BCUT2D eigenvalue weighted by Crippen LogP contribution is -2.41. The number of carbonyl (C=O) groups excluding carboxylic acids is 2. The fraction of sp³-hybridized carbons (Fsp3) is 0.417. The Bertz CT molecular complexity index is 875. The second kappa shape index (κ2) is 8.78. The number of nitrogens with zero attached hydrogens (tertiary/aromatic N) is 1. The lowest BCUT2D eigenvalue weighted by molar-refractivity contribution is -0.118. The van der Waals surface area contributed by atoms with E-state index >= 15 is 0 Å². The number of carbonyl (C=O) groups is 2. The first-order valence-corrected chi connectivity index (χ1v) is 10.7. The number of fused-ring (bicyclic) bond motifs is 1. The SMILES string of the molecule is CCC(=O)N1c2ccc(NC(=O)c3ccccc3)cc2CC1CC1CCCNC1. The van der Waals surface area contributed by atoms with Gasteiger partial charge in [-0.1, -0.05) is 25.1 Å². The smallest absolute Gasteiger partial charge is 0.255 e. The summed E-state index contributed by atoms with van der Waals surface area (Å²) in [5, 5.41) is 6.47. The van der Waals surface area contributed by atoms with Gasteiger partial charge >= 0.3 is 0 Å². The highest BCUT2D eigenvalue weighted by Gasteiger charge is 2.34. The predicted molar refractivity (Wildman–Crippen MR) is 116 cm³/mol. The van der Waals surface area contributed by atoms with E-state index in [9.17, 15) is 9.59 Å². The molecule has 2 aromatic carbocycles. The zero-order valence-electron chi connectivity index (χ0n) is 17.0. The van der Waals surface area contributed by atoms with Crippen molar-refractivity contribution in [3.63, 3.8) is 0 Å². The number of hydrogen-bond donors (Lipinski definition) is 2. The van der Waals surface area contributed by atoms with Crippen molar-refractivity contribution in [1.29, 1.82) is 0 Å². The van der Waals surface area contributed by atoms with Gasteiger partial charge in [0.25, 0.3) is 5.91 Å². The van der Waals surface area contributed by atoms with Gasteiger partial charge in [0.2, 0.25) is 5.91 Å². The van der Waals surface area contributed by atoms with Crippen LogP contribution in [-0.4, -0.2) is 30.9 Å². The van der Waals surface area contributed by atoms with E-state index in [1.54, 1.807) is 12.1 Å². The molecular formula is C24H29N3O2. The van der Waals surface area contributed by atoms with Crippen LogP contribution in [0.3, 0.4) is 0 Å². The van der Waals surface area contributed by atoms with Gasteiger partial charge < -0.3 is 15.5 Å². The van der Waals surface area contributed by atoms with Crippen molar-refractivity contribution in [3.05, 3.63) is 59.7 Å². The Hall–Kier alpha value is -2.66. The molecule has 2 aromatic rings. The summed E-state index contributed by atoms with van der Waals surface area (Å²) >= 11 is 0. The van der Waals surface area contributed by atoms with Gasteiger partial charge in [0, 0.05) is 29.4 Å². The van der Waals surface area contributed by atoms with Crippen LogP contribution in [0.1, 0.15) is 48.5 Å². The zero-order valence-corrected chi connectivity index (χ0v) is 17.0. The van der Waals surface area contributed by atoms with E-state index in [1.807, 2.05) is 48.2 Å². The lowest BCUT2D eigenvalue weighted by atomic mass is 9.91. The molecule has 5 heteroatoms. The molecule has 0 bridgehead atoms. The summed E-state index contributed by atoms with van der Waals surface area (Å²) in [6.07, 6.45) is 4.82. The Kier molecular flexibility index (Phi) is 5.95. The third-order valence-corrected chi connectivity index (χ3v) is 6.03. The highest BCUT2D eigenvalue weighted by atomic mass is 16.2. The fourth-order valence-electron chi connectivity index (χ4n) is 4.60. The van der Waals surface area contributed by atoms with E-state index in [0.29, 0.717) is 17.9 Å². The van der Waals surface area contributed by atoms with Gasteiger partial charge in [-0.3, -0.25) is 9.59 Å². The number of hydrogen-bond acceptors (Lipinski definition) is 3. The van der Waals surface area contributed by atoms with Crippen LogP contribution < -0.4 is 15.5 Å². The third kappa shape index (κ3) is 4.35. The summed E-state index contributed by atoms with van der Waals surface area (Å²) in [6.45, 7) is 4.07. The van der Waals surface area contributed by atoms with Crippen molar-refractivity contribution in [2.75, 3.05) is 23.3 Å². The molecule has 2 aliphatic heterocycles. The van der Waals surface area contributed by atoms with Crippen LogP contribution in [0.2, 0.25) is 0 Å². The molecule has 2 aliphatic rings. The van der Waals surface area contributed by atoms with Gasteiger partial charge in [0.1, 0.15) is 0 Å². The van der Waals surface area contributed by atoms with Gasteiger partial charge in [-0.15, -0.1) is 0 Å². The third-order valence-electron chi connectivity index (χ3n) is 6.03. The van der Waals surface area contributed by atoms with Crippen LogP contribution in [-0.2, 0) is 11.2 Å². The van der Waals surface area contributed by atoms with Crippen LogP contribution in [0.25, 0.3) is 0 Å². The largest absolute Gasteiger partial charge is 0.322 e. The van der Waals surface area contributed by atoms with Crippen LogP contribution >= 0.6 is 0 Å². The van der Waals surface area contributed by atoms with Crippen LogP contribution in [0.4, 0.5) is 11.4 Å². The Labute approximate surface area is 172 Å². The molecule has 0 spiro atoms. The molecule has 1 fully saturated rings. The van der Waals surface area contributed by atoms with Crippen molar-refractivity contribution in [2.24, 2.45) is 5.92 Å². The lowest BCUT2D eigenvalue weighted by Gasteiger charge is -2.30. The van der Waals surface area contributed by atoms with Crippen molar-refractivity contribution in [1.82, 2.24) is 5.32 Å². The van der Waals surface area contributed by atoms with Gasteiger partial charge in [0.15, 0.2) is 0 Å². The second-order valence-electron chi connectivity index (χ2n) is 8.09. The van der Waals surface area contributed by atoms with Crippen LogP contribution in [0, 0.1) is 5.92 Å². The maximum atomic E-state index is 12.7. The molecule has 2 amide bonds. The summed E-state index contributed by atoms with van der Waals surface area (Å²) in [6, 6.07) is 15.4. The number of benzene rings is 2. The summed E-state index contributed by atoms with van der Waals surface area (Å²) in [4.78, 5) is 27.2. The van der Waals surface area contributed by atoms with Crippen LogP contribution in [0.5, 0.6) is 0 Å². The maximum absolute atomic E-state index is 12.7. The van der Waals surface area contributed by atoms with Crippen molar-refractivity contribution in [2.45, 2.75) is 45.1 Å². The summed E-state index contributed by atoms with van der Waals surface area (Å²) < 4.78 is 0. The molecule has 1 saturated heterocycles. The van der Waals surface area contributed by atoms with Gasteiger partial charge in [0.05, 0.1) is 0 Å². The molecule has 29 heavy (non-hydrogen) atoms. The minimum atomic E-state index is -0.116. The minimum absolute atomic E-state index is 0.116. The van der Waals surface area contributed by atoms with Gasteiger partial charge in [-0.05, 0) is 80.6 Å². The standard InChI is InChI=1S/C24H29N3O2/c1-2-23(28)27-21(13-17-7-6-12-25-16-17)15-19-14-20(10-11-22(19)27)26-24(29)18-8-4-3-5-9-18/h3-5,8-11,14,17,21,25H,2,6-7,12-13,15-16H2,1H3,(H,26,29). The average molecular weight is 392 g/mol. The monoisotopic (exact) mass is 391 g/mol. The molecule has 5 nitrogen and oxygen atoms in total. The molecule has 2 N–H and O–H groups in total. The quantitative estimate of drug-likeness (QED) is 0.810.